The van der Waals surface area contributed by atoms with Gasteiger partial charge in [-0.2, -0.15) is 0 Å². The number of unbranched alkanes of at least 4 members (excludes halogenated alkanes) is 21. The maximum absolute atomic E-state index is 15.7. The van der Waals surface area contributed by atoms with E-state index in [1.165, 1.54) is 113 Å². The van der Waals surface area contributed by atoms with E-state index >= 15 is 19.2 Å². The van der Waals surface area contributed by atoms with Gasteiger partial charge in [0.2, 0.25) is 0 Å². The minimum atomic E-state index is -0.397. The van der Waals surface area contributed by atoms with Gasteiger partial charge in [-0.25, -0.2) is 14.6 Å². The van der Waals surface area contributed by atoms with Gasteiger partial charge < -0.3 is 19.5 Å². The summed E-state index contributed by atoms with van der Waals surface area (Å²) in [7, 11) is 0. The zero-order chi connectivity index (χ0) is 68.9. The Morgan fingerprint density at radius 1 is 0.402 bits per heavy atom. The maximum atomic E-state index is 15.7. The van der Waals surface area contributed by atoms with Crippen LogP contribution in [0, 0.1) is 0 Å². The number of benzene rings is 8. The van der Waals surface area contributed by atoms with Gasteiger partial charge in [0.1, 0.15) is 11.5 Å². The van der Waals surface area contributed by atoms with Crippen LogP contribution < -0.4 is 24.6 Å². The number of esters is 1. The van der Waals surface area contributed by atoms with Gasteiger partial charge in [-0.05, 0) is 125 Å². The average Bonchev–Trinajstić information content (AvgIpc) is 0.682. The van der Waals surface area contributed by atoms with Gasteiger partial charge in [0.25, 0.3) is 23.6 Å². The smallest absolute Gasteiger partial charge is 0.338 e. The van der Waals surface area contributed by atoms with Gasteiger partial charge in [0, 0.05) is 66.2 Å². The highest BCUT2D eigenvalue weighted by atomic mass is 79.9. The van der Waals surface area contributed by atoms with Gasteiger partial charge in [-0.3, -0.25) is 19.2 Å². The second kappa shape index (κ2) is 34.0. The van der Waals surface area contributed by atoms with Crippen LogP contribution in [-0.4, -0.2) is 56.0 Å². The Bertz CT molecular complexity index is 4010. The zero-order valence-corrected chi connectivity index (χ0v) is 61.4. The van der Waals surface area contributed by atoms with Crippen molar-refractivity contribution in [2.24, 2.45) is 0 Å². The number of carbonyl (C=O) groups is 5. The van der Waals surface area contributed by atoms with Crippen molar-refractivity contribution in [3.63, 3.8) is 0 Å². The molecule has 0 fully saturated rings. The molecule has 10 rings (SSSR count). The fourth-order valence-corrected chi connectivity index (χ4v) is 15.6. The van der Waals surface area contributed by atoms with Gasteiger partial charge in [0.15, 0.2) is 0 Å². The second-order valence-electron chi connectivity index (χ2n) is 28.8. The quantitative estimate of drug-likeness (QED) is 0.0131. The number of rotatable bonds is 39. The molecule has 0 saturated heterocycles. The summed E-state index contributed by atoms with van der Waals surface area (Å²) >= 11 is 3.99. The van der Waals surface area contributed by atoms with E-state index in [-0.39, 0.29) is 53.9 Å². The summed E-state index contributed by atoms with van der Waals surface area (Å²) in [6.07, 6.45) is 28.0. The highest BCUT2D eigenvalue weighted by molar-refractivity contribution is 9.10. The maximum Gasteiger partial charge on any atom is 0.338 e. The molecular weight excluding hydrogens is 1270 g/mol. The van der Waals surface area contributed by atoms with Crippen LogP contribution in [0.3, 0.4) is 0 Å². The van der Waals surface area contributed by atoms with Crippen molar-refractivity contribution in [1.29, 1.82) is 0 Å². The summed E-state index contributed by atoms with van der Waals surface area (Å²) in [5.41, 5.74) is 7.82. The molecule has 4 amide bonds. The Morgan fingerprint density at radius 3 is 1.21 bits per heavy atom. The van der Waals surface area contributed by atoms with E-state index in [2.05, 4.69) is 90.5 Å². The van der Waals surface area contributed by atoms with E-state index in [1.54, 1.807) is 12.1 Å². The van der Waals surface area contributed by atoms with E-state index in [9.17, 15) is 4.79 Å². The predicted octanol–water partition coefficient (Wildman–Crippen LogP) is 24.0. The van der Waals surface area contributed by atoms with Crippen LogP contribution in [0.4, 0.5) is 17.1 Å². The number of anilines is 3. The monoisotopic (exact) mass is 1380 g/mol. The second-order valence-corrected chi connectivity index (χ2v) is 29.6. The molecule has 1 N–H and O–H groups in total. The van der Waals surface area contributed by atoms with Gasteiger partial charge in [0.05, 0.1) is 47.9 Å². The van der Waals surface area contributed by atoms with E-state index < -0.39 is 5.97 Å². The normalized spacial score (nSPS) is 13.3. The molecule has 0 saturated carbocycles. The molecule has 2 aliphatic heterocycles. The number of halogens is 1. The number of ether oxygens (including phenoxy) is 3. The van der Waals surface area contributed by atoms with Crippen LogP contribution in [0.1, 0.15) is 321 Å². The van der Waals surface area contributed by atoms with Crippen LogP contribution >= 0.6 is 15.9 Å². The van der Waals surface area contributed by atoms with Crippen molar-refractivity contribution in [1.82, 2.24) is 0 Å². The zero-order valence-electron chi connectivity index (χ0n) is 59.8. The van der Waals surface area contributed by atoms with Crippen LogP contribution in [0.25, 0.3) is 43.1 Å². The third-order valence-corrected chi connectivity index (χ3v) is 20.8. The lowest BCUT2D eigenvalue weighted by molar-refractivity contribution is 0.0496. The first-order chi connectivity index (χ1) is 47.0. The standard InChI is InChI=1S/C85H106BrN3O8/c1-11-13-15-17-19-21-23-25-28-32-46-95-59-49-58(50-60(51-59)96-47-33-29-26-24-22-20-18-16-14-12-2)85(94)97-48-34-30-27-31-45-87-72-53-70-74-68(82(91)89(84(70)93)80-63(56(7)8)39-36-40-64(80)57(9)10)43-41-65-75-71(86)52-69-73-67(44-42-66(77(73)75)76(72)78(65)74)81(90)88(83(69)92)79-61(54(3)4)37-35-38-62(79)55(5)6/h35-44,49-57,87H,11-34,45-48H2,1-10H3. The molecule has 0 aromatic heterocycles. The first kappa shape index (κ1) is 72.4. The average molecular weight is 1380 g/mol. The molecule has 0 bridgehead atoms. The first-order valence-electron chi connectivity index (χ1n) is 37.3. The molecule has 97 heavy (non-hydrogen) atoms. The molecule has 0 spiro atoms. The van der Waals surface area contributed by atoms with Crippen molar-refractivity contribution < 1.29 is 38.2 Å². The molecule has 2 heterocycles. The molecule has 2 aliphatic rings. The van der Waals surface area contributed by atoms with Crippen molar-refractivity contribution in [3.8, 4) is 11.5 Å². The number of para-hydroxylation sites is 2. The van der Waals surface area contributed by atoms with Crippen LogP contribution in [0.15, 0.2) is 95.5 Å². The molecule has 8 aromatic rings. The lowest BCUT2D eigenvalue weighted by atomic mass is 9.81. The van der Waals surface area contributed by atoms with Crippen molar-refractivity contribution in [3.05, 3.63) is 146 Å². The molecule has 8 aromatic carbocycles. The van der Waals surface area contributed by atoms with Crippen molar-refractivity contribution >= 4 is 106 Å². The van der Waals surface area contributed by atoms with Crippen LogP contribution in [0.2, 0.25) is 0 Å². The predicted molar refractivity (Wildman–Crippen MR) is 405 cm³/mol. The van der Waals surface area contributed by atoms with E-state index in [1.807, 2.05) is 78.9 Å². The Kier molecular flexibility index (Phi) is 25.4. The van der Waals surface area contributed by atoms with Crippen molar-refractivity contribution in [2.45, 2.75) is 247 Å². The molecule has 516 valence electrons. The van der Waals surface area contributed by atoms with Crippen molar-refractivity contribution in [2.75, 3.05) is 41.5 Å². The third-order valence-electron chi connectivity index (χ3n) is 20.2. The number of amides is 4. The Labute approximate surface area is 586 Å². The lowest BCUT2D eigenvalue weighted by Gasteiger charge is -2.34. The molecule has 0 atom stereocenters. The fraction of sp³-hybridized carbons (Fsp3) is 0.494. The number of imide groups is 2. The van der Waals surface area contributed by atoms with Crippen LogP contribution in [0.5, 0.6) is 11.5 Å². The number of carbonyl (C=O) groups excluding carboxylic acids is 5. The molecule has 0 unspecified atom stereocenters. The first-order valence-corrected chi connectivity index (χ1v) is 38.1. The fourth-order valence-electron chi connectivity index (χ4n) is 15.0. The van der Waals surface area contributed by atoms with Gasteiger partial charge in [-0.1, -0.05) is 256 Å². The number of hydrogen-bond acceptors (Lipinski definition) is 9. The van der Waals surface area contributed by atoms with Gasteiger partial charge in [-0.15, -0.1) is 0 Å². The molecule has 0 aliphatic carbocycles. The Balaban J connectivity index is 0.885. The van der Waals surface area contributed by atoms with Gasteiger partial charge >= 0.3 is 5.97 Å². The SMILES string of the molecule is CCCCCCCCCCCCOc1cc(OCCCCCCCCCCCC)cc(C(=O)OCCCCCCNc2cc3c4c(ccc5c6c(Br)cc7c8c(ccc(c2c45)c86)C(=O)N(c2c(C(C)C)cccc2C(C)C)C7=O)C(=O)N(c2c(C(C)C)cccc2C(C)C)C3=O)c1. The minimum absolute atomic E-state index is 0.0254. The summed E-state index contributed by atoms with van der Waals surface area (Å²) in [6, 6.07) is 29.0. The molecule has 12 heteroatoms. The minimum Gasteiger partial charge on any atom is -0.493 e. The Morgan fingerprint density at radius 2 is 0.773 bits per heavy atom. The number of nitrogens with zero attached hydrogens (tertiary/aromatic N) is 2. The highest BCUT2D eigenvalue weighted by Gasteiger charge is 2.42. The van der Waals surface area contributed by atoms with Crippen LogP contribution in [-0.2, 0) is 4.74 Å². The Hall–Kier alpha value is -7.31. The highest BCUT2D eigenvalue weighted by Crippen LogP contribution is 2.53. The largest absolute Gasteiger partial charge is 0.493 e. The van der Waals surface area contributed by atoms with E-state index in [0.29, 0.717) is 97.8 Å². The molecule has 0 radical (unpaired) electrons. The summed E-state index contributed by atoms with van der Waals surface area (Å²) in [5.74, 6) is -0.545. The van der Waals surface area contributed by atoms with E-state index in [0.717, 1.165) is 99.5 Å². The third kappa shape index (κ3) is 16.1. The number of fused-ring (bicyclic) bond motifs is 2. The lowest BCUT2D eigenvalue weighted by Crippen LogP contribution is -2.42. The summed E-state index contributed by atoms with van der Waals surface area (Å²) in [6.45, 7) is 23.2. The van der Waals surface area contributed by atoms with E-state index in [4.69, 9.17) is 14.2 Å². The summed E-state index contributed by atoms with van der Waals surface area (Å²) in [4.78, 5) is 78.4. The topological polar surface area (TPSA) is 132 Å². The molecule has 11 nitrogen and oxygen atoms in total. The molecular formula is C85H106BrN3O8. The summed E-state index contributed by atoms with van der Waals surface area (Å²) in [5, 5.41) is 9.68. The number of nitrogens with one attached hydrogen (secondary N) is 1. The number of hydrogen-bond donors (Lipinski definition) is 1. The summed E-state index contributed by atoms with van der Waals surface area (Å²) < 4.78 is 19.2.